The summed E-state index contributed by atoms with van der Waals surface area (Å²) >= 11 is 0. The Morgan fingerprint density at radius 3 is 2.40 bits per heavy atom. The van der Waals surface area contributed by atoms with Gasteiger partial charge in [0.15, 0.2) is 0 Å². The molecule has 3 rings (SSSR count). The topological polar surface area (TPSA) is 34.6 Å². The Bertz CT molecular complexity index is 760. The van der Waals surface area contributed by atoms with Crippen LogP contribution in [0.3, 0.4) is 0 Å². The van der Waals surface area contributed by atoms with Crippen molar-refractivity contribution in [3.8, 4) is 0 Å². The van der Waals surface area contributed by atoms with Gasteiger partial charge < -0.3 is 14.2 Å². The molecule has 2 fully saturated rings. The molecule has 0 unspecified atom stereocenters. The second kappa shape index (κ2) is 4.74. The van der Waals surface area contributed by atoms with E-state index in [1.807, 2.05) is 27.7 Å². The summed E-state index contributed by atoms with van der Waals surface area (Å²) in [5, 5.41) is 0. The molecule has 108 valence electrons. The maximum absolute atomic E-state index is 8.16. The molecule has 0 amide bonds. The molecule has 0 aromatic carbocycles. The van der Waals surface area contributed by atoms with E-state index in [2.05, 4.69) is 4.98 Å². The number of hydrogen-bond acceptors (Lipinski definition) is 4. The number of pyridine rings is 1. The van der Waals surface area contributed by atoms with Crippen molar-refractivity contribution in [3.63, 3.8) is 0 Å². The molecule has 1 aromatic rings. The molecular weight excluding hydrogens is 251 g/mol. The molecule has 2 aliphatic heterocycles. The van der Waals surface area contributed by atoms with Crippen molar-refractivity contribution in [1.29, 1.82) is 0 Å². The van der Waals surface area contributed by atoms with E-state index >= 15 is 0 Å². The van der Waals surface area contributed by atoms with Crippen LogP contribution < -0.4 is 10.5 Å². The Balaban J connectivity index is 2.06. The average Bonchev–Trinajstić information content (AvgIpc) is 2.77. The number of anilines is 1. The van der Waals surface area contributed by atoms with Gasteiger partial charge in [0.2, 0.25) is 0 Å². The molecule has 2 aliphatic rings. The van der Waals surface area contributed by atoms with Crippen molar-refractivity contribution in [1.82, 2.24) is 4.98 Å². The first kappa shape index (κ1) is 7.27. The van der Waals surface area contributed by atoms with Crippen LogP contribution in [0.25, 0.3) is 0 Å². The lowest BCUT2D eigenvalue weighted by Crippen LogP contribution is -2.41. The van der Waals surface area contributed by atoms with Crippen LogP contribution in [0.4, 0.5) is 5.69 Å². The molecule has 3 heterocycles. The predicted molar refractivity (Wildman–Crippen MR) is 81.4 cm³/mol. The first-order valence-electron chi connectivity index (χ1n) is 10.5. The Kier molecular flexibility index (Phi) is 1.72. The monoisotopic (exact) mass is 282 g/mol. The highest BCUT2D eigenvalue weighted by Crippen LogP contribution is 2.36. The van der Waals surface area contributed by atoms with Gasteiger partial charge in [-0.2, -0.15) is 0 Å². The summed E-state index contributed by atoms with van der Waals surface area (Å²) in [5.74, 6) is 0. The number of rotatable bonds is 2. The van der Waals surface area contributed by atoms with Gasteiger partial charge >= 0.3 is 7.12 Å². The third-order valence-corrected chi connectivity index (χ3v) is 3.92. The Morgan fingerprint density at radius 1 is 1.20 bits per heavy atom. The molecule has 4 nitrogen and oxygen atoms in total. The third-order valence-electron chi connectivity index (χ3n) is 3.92. The van der Waals surface area contributed by atoms with Crippen LogP contribution in [0.5, 0.6) is 0 Å². The summed E-state index contributed by atoms with van der Waals surface area (Å²) in [6.45, 7) is 1.54. The highest BCUT2D eigenvalue weighted by Gasteiger charge is 2.52. The zero-order valence-electron chi connectivity index (χ0n) is 20.0. The first-order valence-corrected chi connectivity index (χ1v) is 6.52. The Hall–Kier alpha value is -1.07. The van der Waals surface area contributed by atoms with E-state index in [4.69, 9.17) is 20.3 Å². The summed E-state index contributed by atoms with van der Waals surface area (Å²) in [7, 11) is -0.877. The minimum Gasteiger partial charge on any atom is -0.398 e. The van der Waals surface area contributed by atoms with E-state index in [-0.39, 0.29) is 11.3 Å². The lowest BCUT2D eigenvalue weighted by molar-refractivity contribution is 0.00578. The number of hydrogen-bond donors (Lipinski definition) is 0. The molecule has 0 atom stereocenters. The van der Waals surface area contributed by atoms with Crippen molar-refractivity contribution in [3.05, 3.63) is 18.3 Å². The van der Waals surface area contributed by atoms with Gasteiger partial charge in [-0.25, -0.2) is 0 Å². The molecule has 0 aliphatic carbocycles. The zero-order valence-corrected chi connectivity index (χ0v) is 12.0. The number of nitrogens with zero attached hydrogens (tertiary/aromatic N) is 2. The molecular formula is C15H23BN2O2. The fourth-order valence-corrected chi connectivity index (χ4v) is 1.99. The molecule has 0 radical (unpaired) electrons. The lowest BCUT2D eigenvalue weighted by Gasteiger charge is -2.32. The van der Waals surface area contributed by atoms with E-state index in [9.17, 15) is 0 Å². The fourth-order valence-electron chi connectivity index (χ4n) is 1.99. The molecule has 20 heavy (non-hydrogen) atoms. The van der Waals surface area contributed by atoms with E-state index in [1.54, 1.807) is 0 Å². The average molecular weight is 282 g/mol. The van der Waals surface area contributed by atoms with Gasteiger partial charge in [0, 0.05) is 35.8 Å². The molecule has 0 bridgehead atoms. The fraction of sp³-hybridized carbons (Fsp3) is 0.667. The van der Waals surface area contributed by atoms with Crippen LogP contribution >= 0.6 is 0 Å². The van der Waals surface area contributed by atoms with Gasteiger partial charge in [-0.05, 0) is 52.6 Å². The highest BCUT2D eigenvalue weighted by molar-refractivity contribution is 6.61. The molecule has 1 aromatic heterocycles. The van der Waals surface area contributed by atoms with Gasteiger partial charge in [0.1, 0.15) is 0 Å². The van der Waals surface area contributed by atoms with Crippen LogP contribution in [0.15, 0.2) is 18.3 Å². The largest absolute Gasteiger partial charge is 0.514 e. The van der Waals surface area contributed by atoms with E-state index in [1.165, 1.54) is 18.3 Å². The second-order valence-electron chi connectivity index (χ2n) is 5.84. The highest BCUT2D eigenvalue weighted by atomic mass is 16.7. The minimum atomic E-state index is -3.10. The maximum atomic E-state index is 8.16. The van der Waals surface area contributed by atoms with E-state index in [0.29, 0.717) is 4.90 Å². The predicted octanol–water partition coefficient (Wildman–Crippen LogP) is 1.98. The van der Waals surface area contributed by atoms with Crippen molar-refractivity contribution in [2.45, 2.75) is 51.6 Å². The SMILES string of the molecule is [2H]C1([2H])N(c2ccnc(B3OC(C)(C)C(C)(C)O3)c2)C([2H])([2H])C([2H])([2H])C1([2H])[2H]. The molecule has 0 N–H and O–H groups in total. The van der Waals surface area contributed by atoms with Crippen molar-refractivity contribution in [2.75, 3.05) is 17.9 Å². The summed E-state index contributed by atoms with van der Waals surface area (Å²) in [4.78, 5) is 4.68. The summed E-state index contributed by atoms with van der Waals surface area (Å²) in [6.07, 6.45) is -4.89. The quantitative estimate of drug-likeness (QED) is 0.777. The van der Waals surface area contributed by atoms with Gasteiger partial charge in [-0.15, -0.1) is 0 Å². The van der Waals surface area contributed by atoms with Crippen molar-refractivity contribution in [2.24, 2.45) is 0 Å². The summed E-state index contributed by atoms with van der Waals surface area (Å²) in [6, 6.07) is 2.65. The van der Waals surface area contributed by atoms with Crippen LogP contribution in [0, 0.1) is 0 Å². The van der Waals surface area contributed by atoms with E-state index < -0.39 is 44.1 Å². The normalized spacial score (nSPS) is 40.4. The minimum absolute atomic E-state index is 0.0556. The third kappa shape index (κ3) is 2.33. The summed E-state index contributed by atoms with van der Waals surface area (Å²) in [5.41, 5.74) is -1.07. The van der Waals surface area contributed by atoms with Gasteiger partial charge in [0.05, 0.1) is 16.8 Å². The Morgan fingerprint density at radius 2 is 1.80 bits per heavy atom. The van der Waals surface area contributed by atoms with Crippen LogP contribution in [-0.2, 0) is 9.31 Å². The van der Waals surface area contributed by atoms with Crippen LogP contribution in [0.2, 0.25) is 0 Å². The van der Waals surface area contributed by atoms with Gasteiger partial charge in [0.25, 0.3) is 0 Å². The lowest BCUT2D eigenvalue weighted by atomic mass is 9.84. The van der Waals surface area contributed by atoms with Gasteiger partial charge in [-0.1, -0.05) is 0 Å². The van der Waals surface area contributed by atoms with E-state index in [0.717, 1.165) is 0 Å². The maximum Gasteiger partial charge on any atom is 0.514 e. The first-order chi connectivity index (χ1) is 12.4. The van der Waals surface area contributed by atoms with Crippen LogP contribution in [0.1, 0.15) is 51.4 Å². The molecule has 2 saturated heterocycles. The van der Waals surface area contributed by atoms with Crippen molar-refractivity contribution >= 4 is 18.4 Å². The number of aromatic nitrogens is 1. The molecule has 0 spiro atoms. The summed E-state index contributed by atoms with van der Waals surface area (Å²) < 4.78 is 76.1. The smallest absolute Gasteiger partial charge is 0.398 e. The second-order valence-corrected chi connectivity index (χ2v) is 5.84. The van der Waals surface area contributed by atoms with Crippen LogP contribution in [-0.4, -0.2) is 36.3 Å². The van der Waals surface area contributed by atoms with Gasteiger partial charge in [-0.3, -0.25) is 4.98 Å². The zero-order chi connectivity index (χ0) is 21.6. The Labute approximate surface area is 132 Å². The molecule has 5 heteroatoms. The van der Waals surface area contributed by atoms with Crippen molar-refractivity contribution < 1.29 is 20.3 Å². The molecule has 0 saturated carbocycles. The standard InChI is InChI=1S/C15H23BN2O2/c1-14(2)15(3,4)20-16(19-14)13-11-12(7-8-17-13)18-9-5-6-10-18/h7-8,11H,5-6,9-10H2,1-4H3/i5D2,6D2,9D2,10D2.